The maximum atomic E-state index is 9.54. The summed E-state index contributed by atoms with van der Waals surface area (Å²) in [6.07, 6.45) is -1.40. The zero-order valence-electron chi connectivity index (χ0n) is 7.27. The molecule has 1 aliphatic rings. The Kier molecular flexibility index (Phi) is 3.46. The zero-order chi connectivity index (χ0) is 9.14. The Labute approximate surface area is 72.2 Å². The average Bonchev–Trinajstić information content (AvgIpc) is 2.08. The van der Waals surface area contributed by atoms with E-state index < -0.39 is 12.2 Å². The largest absolute Gasteiger partial charge is 0.396 e. The number of hydrogen-bond donors (Lipinski definition) is 4. The molecule has 0 spiro atoms. The predicted molar refractivity (Wildman–Crippen MR) is 44.6 cm³/mol. The van der Waals surface area contributed by atoms with Crippen LogP contribution in [0.5, 0.6) is 0 Å². The van der Waals surface area contributed by atoms with E-state index in [1.54, 1.807) is 0 Å². The molecule has 0 aromatic carbocycles. The highest BCUT2D eigenvalue weighted by molar-refractivity contribution is 4.86. The first-order chi connectivity index (χ1) is 5.66. The van der Waals surface area contributed by atoms with E-state index in [4.69, 9.17) is 5.11 Å². The molecule has 1 aliphatic heterocycles. The van der Waals surface area contributed by atoms with Gasteiger partial charge in [0.2, 0.25) is 0 Å². The minimum atomic E-state index is -0.701. The van der Waals surface area contributed by atoms with Gasteiger partial charge in [0.15, 0.2) is 0 Å². The van der Waals surface area contributed by atoms with Crippen LogP contribution in [0.3, 0.4) is 0 Å². The first-order valence-corrected chi connectivity index (χ1v) is 4.34. The monoisotopic (exact) mass is 175 g/mol. The fourth-order valence-electron chi connectivity index (χ4n) is 1.60. The van der Waals surface area contributed by atoms with Crippen molar-refractivity contribution in [3.63, 3.8) is 0 Å². The molecule has 1 fully saturated rings. The highest BCUT2D eigenvalue weighted by Crippen LogP contribution is 2.20. The van der Waals surface area contributed by atoms with Gasteiger partial charge in [0.1, 0.15) is 0 Å². The Bertz CT molecular complexity index is 142. The molecule has 1 rings (SSSR count). The number of rotatable bonds is 2. The third-order valence-corrected chi connectivity index (χ3v) is 2.59. The highest BCUT2D eigenvalue weighted by atomic mass is 16.3. The Hall–Kier alpha value is -0.160. The molecule has 1 saturated heterocycles. The average molecular weight is 175 g/mol. The normalized spacial score (nSPS) is 39.5. The summed E-state index contributed by atoms with van der Waals surface area (Å²) in [5.41, 5.74) is 0. The van der Waals surface area contributed by atoms with Gasteiger partial charge in [0.05, 0.1) is 12.2 Å². The van der Waals surface area contributed by atoms with E-state index in [-0.39, 0.29) is 18.4 Å². The van der Waals surface area contributed by atoms with E-state index in [2.05, 4.69) is 5.32 Å². The number of β-amino-alcohol motifs (C(OH)–C–C–N with tert-alkyl or cyclic N) is 1. The van der Waals surface area contributed by atoms with Gasteiger partial charge in [-0.1, -0.05) is 6.92 Å². The Balaban J connectivity index is 2.51. The molecule has 4 nitrogen and oxygen atoms in total. The van der Waals surface area contributed by atoms with Crippen LogP contribution in [0.25, 0.3) is 0 Å². The summed E-state index contributed by atoms with van der Waals surface area (Å²) in [7, 11) is 0. The number of aliphatic hydroxyl groups excluding tert-OH is 3. The van der Waals surface area contributed by atoms with E-state index >= 15 is 0 Å². The first kappa shape index (κ1) is 9.92. The van der Waals surface area contributed by atoms with Crippen molar-refractivity contribution in [2.75, 3.05) is 19.7 Å². The summed E-state index contributed by atoms with van der Waals surface area (Å²) in [5, 5.41) is 30.7. The lowest BCUT2D eigenvalue weighted by Gasteiger charge is -2.35. The van der Waals surface area contributed by atoms with Gasteiger partial charge in [0.25, 0.3) is 0 Å². The van der Waals surface area contributed by atoms with Crippen molar-refractivity contribution < 1.29 is 15.3 Å². The van der Waals surface area contributed by atoms with Crippen molar-refractivity contribution in [1.29, 1.82) is 0 Å². The molecule has 0 radical (unpaired) electrons. The number of piperidine rings is 1. The van der Waals surface area contributed by atoms with Crippen LogP contribution in [-0.2, 0) is 0 Å². The lowest BCUT2D eigenvalue weighted by Crippen LogP contribution is -2.52. The van der Waals surface area contributed by atoms with Crippen LogP contribution in [0.15, 0.2) is 0 Å². The lowest BCUT2D eigenvalue weighted by atomic mass is 9.84. The van der Waals surface area contributed by atoms with Crippen molar-refractivity contribution in [1.82, 2.24) is 5.32 Å². The molecule has 1 unspecified atom stereocenters. The summed E-state index contributed by atoms with van der Waals surface area (Å²) >= 11 is 0. The number of nitrogens with one attached hydrogen (secondary N) is 1. The molecule has 0 bridgehead atoms. The number of hydrogen-bond acceptors (Lipinski definition) is 4. The second-order valence-corrected chi connectivity index (χ2v) is 3.54. The van der Waals surface area contributed by atoms with Crippen LogP contribution in [0.1, 0.15) is 6.92 Å². The zero-order valence-corrected chi connectivity index (χ0v) is 7.27. The van der Waals surface area contributed by atoms with Gasteiger partial charge in [-0.3, -0.25) is 0 Å². The fourth-order valence-corrected chi connectivity index (χ4v) is 1.60. The van der Waals surface area contributed by atoms with Gasteiger partial charge in [-0.15, -0.1) is 0 Å². The van der Waals surface area contributed by atoms with Crippen LogP contribution in [0.4, 0.5) is 0 Å². The molecule has 12 heavy (non-hydrogen) atoms. The Morgan fingerprint density at radius 3 is 2.67 bits per heavy atom. The smallest absolute Gasteiger partial charge is 0.0926 e. The van der Waals surface area contributed by atoms with Gasteiger partial charge in [-0.05, 0) is 5.92 Å². The third kappa shape index (κ3) is 1.95. The molecule has 1 heterocycles. The lowest BCUT2D eigenvalue weighted by molar-refractivity contribution is -0.0560. The first-order valence-electron chi connectivity index (χ1n) is 4.34. The summed E-state index contributed by atoms with van der Waals surface area (Å²) < 4.78 is 0. The molecule has 4 N–H and O–H groups in total. The van der Waals surface area contributed by atoms with Crippen molar-refractivity contribution in [2.24, 2.45) is 11.8 Å². The van der Waals surface area contributed by atoms with Crippen molar-refractivity contribution in [3.8, 4) is 0 Å². The Morgan fingerprint density at radius 2 is 2.08 bits per heavy atom. The SMILES string of the molecule is CC(CO)[C@H]1CNC[C@@H](O)[C@@H]1O. The van der Waals surface area contributed by atoms with Gasteiger partial charge >= 0.3 is 0 Å². The summed E-state index contributed by atoms with van der Waals surface area (Å²) in [4.78, 5) is 0. The van der Waals surface area contributed by atoms with Crippen molar-refractivity contribution in [3.05, 3.63) is 0 Å². The van der Waals surface area contributed by atoms with E-state index in [0.717, 1.165) is 0 Å². The second-order valence-electron chi connectivity index (χ2n) is 3.54. The van der Waals surface area contributed by atoms with Gasteiger partial charge in [-0.2, -0.15) is 0 Å². The highest BCUT2D eigenvalue weighted by Gasteiger charge is 2.33. The van der Waals surface area contributed by atoms with Crippen LogP contribution in [0, 0.1) is 11.8 Å². The van der Waals surface area contributed by atoms with Crippen LogP contribution < -0.4 is 5.32 Å². The topological polar surface area (TPSA) is 72.7 Å². The molecular formula is C8H17NO3. The Morgan fingerprint density at radius 1 is 1.42 bits per heavy atom. The standard InChI is InChI=1S/C8H17NO3/c1-5(4-10)6-2-9-3-7(11)8(6)12/h5-12H,2-4H2,1H3/t5?,6-,7-,8-/m1/s1. The maximum absolute atomic E-state index is 9.54. The van der Waals surface area contributed by atoms with Crippen molar-refractivity contribution >= 4 is 0 Å². The molecule has 4 atom stereocenters. The summed E-state index contributed by atoms with van der Waals surface area (Å²) in [6.45, 7) is 3.03. The minimum Gasteiger partial charge on any atom is -0.396 e. The van der Waals surface area contributed by atoms with E-state index in [9.17, 15) is 10.2 Å². The molecule has 0 aromatic rings. The van der Waals surface area contributed by atoms with Crippen molar-refractivity contribution in [2.45, 2.75) is 19.1 Å². The van der Waals surface area contributed by atoms with Gasteiger partial charge in [-0.25, -0.2) is 0 Å². The molecule has 0 aromatic heterocycles. The van der Waals surface area contributed by atoms with Gasteiger partial charge in [0, 0.05) is 25.6 Å². The quantitative estimate of drug-likeness (QED) is 0.414. The van der Waals surface area contributed by atoms with Crippen LogP contribution in [0.2, 0.25) is 0 Å². The fraction of sp³-hybridized carbons (Fsp3) is 1.00. The second kappa shape index (κ2) is 4.18. The molecule has 0 saturated carbocycles. The molecular weight excluding hydrogens is 158 g/mol. The van der Waals surface area contributed by atoms with E-state index in [1.165, 1.54) is 0 Å². The molecule has 0 aliphatic carbocycles. The predicted octanol–water partition coefficient (Wildman–Crippen LogP) is -1.44. The summed E-state index contributed by atoms with van der Waals surface area (Å²) in [5.74, 6) is -0.0128. The molecule has 4 heteroatoms. The molecule has 72 valence electrons. The van der Waals surface area contributed by atoms with Crippen LogP contribution >= 0.6 is 0 Å². The summed E-state index contributed by atoms with van der Waals surface area (Å²) in [6, 6.07) is 0. The van der Waals surface area contributed by atoms with E-state index in [0.29, 0.717) is 13.1 Å². The van der Waals surface area contributed by atoms with E-state index in [1.807, 2.05) is 6.92 Å². The maximum Gasteiger partial charge on any atom is 0.0926 e. The minimum absolute atomic E-state index is 0.0300. The van der Waals surface area contributed by atoms with Crippen LogP contribution in [-0.4, -0.2) is 47.2 Å². The molecule has 0 amide bonds. The van der Waals surface area contributed by atoms with Gasteiger partial charge < -0.3 is 20.6 Å². The number of aliphatic hydroxyl groups is 3. The third-order valence-electron chi connectivity index (χ3n) is 2.59.